The molecule has 1 saturated heterocycles. The van der Waals surface area contributed by atoms with Gasteiger partial charge in [0.1, 0.15) is 11.9 Å². The van der Waals surface area contributed by atoms with Crippen molar-refractivity contribution in [3.63, 3.8) is 0 Å². The van der Waals surface area contributed by atoms with E-state index in [1.807, 2.05) is 0 Å². The topological polar surface area (TPSA) is 67.4 Å². The van der Waals surface area contributed by atoms with E-state index in [1.165, 1.54) is 12.1 Å². The summed E-state index contributed by atoms with van der Waals surface area (Å²) in [6.45, 7) is 0.607. The van der Waals surface area contributed by atoms with Crippen molar-refractivity contribution < 1.29 is 18.7 Å². The first-order chi connectivity index (χ1) is 12.0. The molecule has 25 heavy (non-hydrogen) atoms. The third-order valence-corrected chi connectivity index (χ3v) is 4.30. The lowest BCUT2D eigenvalue weighted by Gasteiger charge is -2.11. The molecular weight excluding hydrogens is 391 g/mol. The number of halogens is 2. The molecular formula is C18H16BrFN2O3. The Balaban J connectivity index is 1.62. The predicted octanol–water partition coefficient (Wildman–Crippen LogP) is 3.96. The van der Waals surface area contributed by atoms with Crippen LogP contribution in [0.5, 0.6) is 0 Å². The molecule has 7 heteroatoms. The first kappa shape index (κ1) is 17.6. The lowest BCUT2D eigenvalue weighted by atomic mass is 10.2. The van der Waals surface area contributed by atoms with Crippen LogP contribution in [-0.2, 0) is 9.53 Å². The van der Waals surface area contributed by atoms with Crippen LogP contribution in [0.4, 0.5) is 15.8 Å². The molecule has 0 saturated carbocycles. The van der Waals surface area contributed by atoms with Crippen molar-refractivity contribution in [3.05, 3.63) is 58.3 Å². The number of nitrogens with one attached hydrogen (secondary N) is 2. The van der Waals surface area contributed by atoms with E-state index >= 15 is 0 Å². The Morgan fingerprint density at radius 1 is 1.08 bits per heavy atom. The summed E-state index contributed by atoms with van der Waals surface area (Å²) in [4.78, 5) is 24.1. The monoisotopic (exact) mass is 406 g/mol. The highest BCUT2D eigenvalue weighted by Gasteiger charge is 2.23. The maximum atomic E-state index is 13.8. The zero-order valence-electron chi connectivity index (χ0n) is 13.2. The second kappa shape index (κ2) is 7.76. The molecule has 1 fully saturated rings. The highest BCUT2D eigenvalue weighted by atomic mass is 79.9. The van der Waals surface area contributed by atoms with Crippen LogP contribution < -0.4 is 10.6 Å². The van der Waals surface area contributed by atoms with Gasteiger partial charge in [0.2, 0.25) is 0 Å². The molecule has 0 unspecified atom stereocenters. The van der Waals surface area contributed by atoms with Gasteiger partial charge in [-0.25, -0.2) is 4.39 Å². The molecule has 0 aliphatic carbocycles. The van der Waals surface area contributed by atoms with Crippen LogP contribution in [-0.4, -0.2) is 24.5 Å². The van der Waals surface area contributed by atoms with Gasteiger partial charge in [-0.1, -0.05) is 15.9 Å². The molecule has 0 aromatic heterocycles. The van der Waals surface area contributed by atoms with Gasteiger partial charge in [-0.3, -0.25) is 9.59 Å². The lowest BCUT2D eigenvalue weighted by Crippen LogP contribution is -2.26. The van der Waals surface area contributed by atoms with Crippen LogP contribution in [0.2, 0.25) is 0 Å². The van der Waals surface area contributed by atoms with Crippen LogP contribution in [0, 0.1) is 5.82 Å². The van der Waals surface area contributed by atoms with E-state index in [0.717, 1.165) is 12.8 Å². The Kier molecular flexibility index (Phi) is 5.45. The summed E-state index contributed by atoms with van der Waals surface area (Å²) in [6.07, 6.45) is 1.20. The van der Waals surface area contributed by atoms with E-state index in [2.05, 4.69) is 26.6 Å². The van der Waals surface area contributed by atoms with Crippen molar-refractivity contribution in [2.24, 2.45) is 0 Å². The molecule has 1 aliphatic heterocycles. The number of hydrogen-bond donors (Lipinski definition) is 2. The summed E-state index contributed by atoms with van der Waals surface area (Å²) < 4.78 is 19.7. The van der Waals surface area contributed by atoms with Gasteiger partial charge < -0.3 is 15.4 Å². The Bertz CT molecular complexity index is 789. The molecule has 130 valence electrons. The molecule has 2 aromatic carbocycles. The Labute approximate surface area is 152 Å². The van der Waals surface area contributed by atoms with E-state index in [9.17, 15) is 14.0 Å². The smallest absolute Gasteiger partial charge is 0.258 e. The van der Waals surface area contributed by atoms with Crippen LogP contribution >= 0.6 is 15.9 Å². The standard InChI is InChI=1S/C18H16BrFN2O3/c19-11-3-8-14(15(20)10-11)17(23)21-12-4-6-13(7-5-12)22-18(24)16-2-1-9-25-16/h3-8,10,16H,1-2,9H2,(H,21,23)(H,22,24)/t16-/m1/s1. The van der Waals surface area contributed by atoms with Gasteiger partial charge in [0.05, 0.1) is 5.56 Å². The third-order valence-electron chi connectivity index (χ3n) is 3.81. The van der Waals surface area contributed by atoms with Gasteiger partial charge in [-0.05, 0) is 55.3 Å². The van der Waals surface area contributed by atoms with Gasteiger partial charge in [0.25, 0.3) is 11.8 Å². The number of benzene rings is 2. The summed E-state index contributed by atoms with van der Waals surface area (Å²) in [5, 5.41) is 5.39. The van der Waals surface area contributed by atoms with Crippen molar-refractivity contribution in [1.29, 1.82) is 0 Å². The minimum atomic E-state index is -0.604. The summed E-state index contributed by atoms with van der Waals surface area (Å²) in [5.41, 5.74) is 1.06. The molecule has 0 radical (unpaired) electrons. The molecule has 2 N–H and O–H groups in total. The number of rotatable bonds is 4. The lowest BCUT2D eigenvalue weighted by molar-refractivity contribution is -0.124. The number of anilines is 2. The normalized spacial score (nSPS) is 16.5. The quantitative estimate of drug-likeness (QED) is 0.807. The first-order valence-electron chi connectivity index (χ1n) is 7.82. The number of carbonyl (C=O) groups is 2. The van der Waals surface area contributed by atoms with Crippen LogP contribution in [0.3, 0.4) is 0 Å². The molecule has 1 heterocycles. The van der Waals surface area contributed by atoms with Crippen molar-refractivity contribution in [2.75, 3.05) is 17.2 Å². The predicted molar refractivity (Wildman–Crippen MR) is 96.1 cm³/mol. The number of hydrogen-bond acceptors (Lipinski definition) is 3. The molecule has 3 rings (SSSR count). The zero-order valence-corrected chi connectivity index (χ0v) is 14.8. The van der Waals surface area contributed by atoms with Gasteiger partial charge in [0.15, 0.2) is 0 Å². The maximum absolute atomic E-state index is 13.8. The maximum Gasteiger partial charge on any atom is 0.258 e. The first-order valence-corrected chi connectivity index (χ1v) is 8.61. The summed E-state index contributed by atoms with van der Waals surface area (Å²) >= 11 is 3.15. The zero-order chi connectivity index (χ0) is 17.8. The molecule has 0 spiro atoms. The Morgan fingerprint density at radius 2 is 1.76 bits per heavy atom. The minimum absolute atomic E-state index is 0.0426. The summed E-state index contributed by atoms with van der Waals surface area (Å²) in [6, 6.07) is 10.9. The van der Waals surface area contributed by atoms with E-state index in [4.69, 9.17) is 4.74 Å². The van der Waals surface area contributed by atoms with E-state index in [0.29, 0.717) is 22.5 Å². The molecule has 1 atom stereocenters. The van der Waals surface area contributed by atoms with Gasteiger partial charge in [-0.15, -0.1) is 0 Å². The van der Waals surface area contributed by atoms with Crippen molar-refractivity contribution in [1.82, 2.24) is 0 Å². The fraction of sp³-hybridized carbons (Fsp3) is 0.222. The van der Waals surface area contributed by atoms with Gasteiger partial charge in [0, 0.05) is 22.5 Å². The number of amides is 2. The molecule has 2 aromatic rings. The number of ether oxygens (including phenoxy) is 1. The fourth-order valence-corrected chi connectivity index (χ4v) is 2.85. The molecule has 5 nitrogen and oxygen atoms in total. The largest absolute Gasteiger partial charge is 0.368 e. The third kappa shape index (κ3) is 4.43. The average molecular weight is 407 g/mol. The van der Waals surface area contributed by atoms with Gasteiger partial charge >= 0.3 is 0 Å². The fourth-order valence-electron chi connectivity index (χ4n) is 2.52. The van der Waals surface area contributed by atoms with Gasteiger partial charge in [-0.2, -0.15) is 0 Å². The highest BCUT2D eigenvalue weighted by molar-refractivity contribution is 9.10. The average Bonchev–Trinajstić information content (AvgIpc) is 3.11. The second-order valence-corrected chi connectivity index (χ2v) is 6.56. The highest BCUT2D eigenvalue weighted by Crippen LogP contribution is 2.19. The van der Waals surface area contributed by atoms with Crippen LogP contribution in [0.15, 0.2) is 46.9 Å². The van der Waals surface area contributed by atoms with Crippen molar-refractivity contribution in [3.8, 4) is 0 Å². The Hall–Kier alpha value is -2.25. The SMILES string of the molecule is O=C(Nc1ccc(NC(=O)[C@H]2CCCO2)cc1)c1ccc(Br)cc1F. The second-order valence-electron chi connectivity index (χ2n) is 5.65. The summed E-state index contributed by atoms with van der Waals surface area (Å²) in [7, 11) is 0. The van der Waals surface area contributed by atoms with E-state index in [-0.39, 0.29) is 11.5 Å². The van der Waals surface area contributed by atoms with Crippen molar-refractivity contribution >= 4 is 39.1 Å². The van der Waals surface area contributed by atoms with E-state index in [1.54, 1.807) is 30.3 Å². The van der Waals surface area contributed by atoms with Crippen LogP contribution in [0.25, 0.3) is 0 Å². The van der Waals surface area contributed by atoms with Crippen molar-refractivity contribution in [2.45, 2.75) is 18.9 Å². The summed E-state index contributed by atoms with van der Waals surface area (Å²) in [5.74, 6) is -1.32. The van der Waals surface area contributed by atoms with Crippen LogP contribution in [0.1, 0.15) is 23.2 Å². The Morgan fingerprint density at radius 3 is 2.36 bits per heavy atom. The molecule has 1 aliphatic rings. The number of carbonyl (C=O) groups excluding carboxylic acids is 2. The minimum Gasteiger partial charge on any atom is -0.368 e. The molecule has 0 bridgehead atoms. The van der Waals surface area contributed by atoms with E-state index < -0.39 is 17.8 Å². The molecule has 2 amide bonds.